The number of rotatable bonds is 5. The molecular weight excluding hydrogens is 558 g/mol. The standard InChI is InChI=1S/C26H20ClF4N5O4/c27-19-6-14(8-32)4-5-20(19)35-23-21(28)24(34-13-33-23)40-22-15-9-36(10-16(22)12-38-11-15)25(37)39-18-3-1-2-17(7-18)26(29,30)31/h1-7,13,15-16,22H,9-12H2,(H,33,34,35). The summed E-state index contributed by atoms with van der Waals surface area (Å²) in [6, 6.07) is 10.5. The van der Waals surface area contributed by atoms with Crippen LogP contribution in [0, 0.1) is 29.0 Å². The Morgan fingerprint density at radius 1 is 1.15 bits per heavy atom. The summed E-state index contributed by atoms with van der Waals surface area (Å²) >= 11 is 6.17. The molecule has 1 aromatic heterocycles. The summed E-state index contributed by atoms with van der Waals surface area (Å²) < 4.78 is 71.2. The highest BCUT2D eigenvalue weighted by Gasteiger charge is 2.44. The largest absolute Gasteiger partial charge is 0.471 e. The van der Waals surface area contributed by atoms with Crippen LogP contribution in [0.3, 0.4) is 0 Å². The van der Waals surface area contributed by atoms with Gasteiger partial charge in [-0.25, -0.2) is 9.78 Å². The molecule has 2 unspecified atom stereocenters. The SMILES string of the molecule is N#Cc1ccc(Nc2ncnc(OC3C4COCC3CN(C(=O)Oc3cccc(C(F)(F)F)c3)C4)c2F)c(Cl)c1. The van der Waals surface area contributed by atoms with Gasteiger partial charge in [0.15, 0.2) is 5.82 Å². The van der Waals surface area contributed by atoms with E-state index in [-0.39, 0.29) is 60.6 Å². The van der Waals surface area contributed by atoms with Crippen LogP contribution in [0.15, 0.2) is 48.8 Å². The molecule has 2 atom stereocenters. The fourth-order valence-electron chi connectivity index (χ4n) is 4.61. The minimum Gasteiger partial charge on any atom is -0.471 e. The van der Waals surface area contributed by atoms with Gasteiger partial charge in [-0.1, -0.05) is 17.7 Å². The fraction of sp³-hybridized carbons (Fsp3) is 0.308. The zero-order valence-electron chi connectivity index (χ0n) is 20.5. The summed E-state index contributed by atoms with van der Waals surface area (Å²) in [6.45, 7) is 0.621. The molecule has 2 aliphatic heterocycles. The molecule has 2 aliphatic rings. The Labute approximate surface area is 230 Å². The van der Waals surface area contributed by atoms with Gasteiger partial charge in [0.05, 0.1) is 41.1 Å². The van der Waals surface area contributed by atoms with Crippen molar-refractivity contribution in [2.45, 2.75) is 12.3 Å². The number of piperidine rings is 1. The summed E-state index contributed by atoms with van der Waals surface area (Å²) in [6.07, 6.45) is -4.84. The number of aromatic nitrogens is 2. The van der Waals surface area contributed by atoms with E-state index in [2.05, 4.69) is 15.3 Å². The second kappa shape index (κ2) is 11.1. The Morgan fingerprint density at radius 2 is 1.90 bits per heavy atom. The second-order valence-corrected chi connectivity index (χ2v) is 9.62. The van der Waals surface area contributed by atoms with E-state index >= 15 is 4.39 Å². The molecule has 0 aliphatic carbocycles. The van der Waals surface area contributed by atoms with Gasteiger partial charge in [0.25, 0.3) is 5.88 Å². The number of halogens is 5. The van der Waals surface area contributed by atoms with E-state index in [9.17, 15) is 18.0 Å². The topological polar surface area (TPSA) is 110 Å². The van der Waals surface area contributed by atoms with Crippen LogP contribution in [-0.4, -0.2) is 53.4 Å². The Morgan fingerprint density at radius 3 is 2.58 bits per heavy atom. The maximum Gasteiger partial charge on any atom is 0.416 e. The lowest BCUT2D eigenvalue weighted by molar-refractivity contribution is -0.137. The number of anilines is 2. The van der Waals surface area contributed by atoms with Gasteiger partial charge in [-0.15, -0.1) is 0 Å². The van der Waals surface area contributed by atoms with Gasteiger partial charge >= 0.3 is 12.3 Å². The van der Waals surface area contributed by atoms with Gasteiger partial charge in [0.2, 0.25) is 5.82 Å². The number of nitriles is 1. The first-order valence-corrected chi connectivity index (χ1v) is 12.4. The van der Waals surface area contributed by atoms with Crippen molar-refractivity contribution < 1.29 is 36.6 Å². The molecule has 2 bridgehead atoms. The molecule has 3 aromatic rings. The lowest BCUT2D eigenvalue weighted by Gasteiger charge is -2.45. The lowest BCUT2D eigenvalue weighted by Crippen LogP contribution is -2.59. The van der Waals surface area contributed by atoms with Gasteiger partial charge in [-0.3, -0.25) is 0 Å². The zero-order chi connectivity index (χ0) is 28.4. The average molecular weight is 578 g/mol. The highest BCUT2D eigenvalue weighted by Crippen LogP contribution is 2.35. The van der Waals surface area contributed by atoms with Crippen molar-refractivity contribution in [3.63, 3.8) is 0 Å². The van der Waals surface area contributed by atoms with Crippen molar-refractivity contribution in [2.24, 2.45) is 11.8 Å². The normalized spacial score (nSPS) is 20.4. The quantitative estimate of drug-likeness (QED) is 0.400. The predicted molar refractivity (Wildman–Crippen MR) is 133 cm³/mol. The first kappa shape index (κ1) is 27.4. The zero-order valence-corrected chi connectivity index (χ0v) is 21.2. The van der Waals surface area contributed by atoms with Crippen molar-refractivity contribution in [3.05, 3.63) is 70.8 Å². The molecule has 14 heteroatoms. The number of hydrogen-bond acceptors (Lipinski definition) is 8. The Kier molecular flexibility index (Phi) is 7.64. The molecule has 2 aromatic carbocycles. The van der Waals surface area contributed by atoms with Crippen LogP contribution in [0.25, 0.3) is 0 Å². The number of likely N-dealkylation sites (tertiary alicyclic amines) is 1. The maximum absolute atomic E-state index is 15.3. The van der Waals surface area contributed by atoms with Crippen molar-refractivity contribution >= 4 is 29.2 Å². The van der Waals surface area contributed by atoms with Gasteiger partial charge in [0, 0.05) is 24.9 Å². The molecule has 5 rings (SSSR count). The Hall–Kier alpha value is -4.15. The van der Waals surface area contributed by atoms with Crippen LogP contribution in [0.1, 0.15) is 11.1 Å². The third-order valence-corrected chi connectivity index (χ3v) is 6.80. The summed E-state index contributed by atoms with van der Waals surface area (Å²) in [5.41, 5.74) is -0.277. The maximum atomic E-state index is 15.3. The van der Waals surface area contributed by atoms with Gasteiger partial charge in [-0.2, -0.15) is 27.8 Å². The van der Waals surface area contributed by atoms with E-state index in [0.717, 1.165) is 24.5 Å². The number of amides is 1. The number of nitrogens with zero attached hydrogens (tertiary/aromatic N) is 4. The summed E-state index contributed by atoms with van der Waals surface area (Å²) in [7, 11) is 0. The van der Waals surface area contributed by atoms with E-state index < -0.39 is 29.8 Å². The molecule has 2 saturated heterocycles. The number of nitrogens with one attached hydrogen (secondary N) is 1. The van der Waals surface area contributed by atoms with E-state index in [1.54, 1.807) is 0 Å². The second-order valence-electron chi connectivity index (χ2n) is 9.21. The van der Waals surface area contributed by atoms with E-state index in [1.165, 1.54) is 29.2 Å². The van der Waals surface area contributed by atoms with E-state index in [0.29, 0.717) is 11.3 Å². The van der Waals surface area contributed by atoms with Crippen LogP contribution in [0.5, 0.6) is 11.6 Å². The predicted octanol–water partition coefficient (Wildman–Crippen LogP) is 5.43. The molecule has 0 radical (unpaired) electrons. The molecule has 0 saturated carbocycles. The summed E-state index contributed by atoms with van der Waals surface area (Å²) in [5.74, 6) is -2.39. The third-order valence-electron chi connectivity index (χ3n) is 6.48. The molecule has 40 heavy (non-hydrogen) atoms. The molecular formula is C26H20ClF4N5O4. The number of hydrogen-bond donors (Lipinski definition) is 1. The lowest BCUT2D eigenvalue weighted by atomic mass is 9.84. The van der Waals surface area contributed by atoms with Crippen molar-refractivity contribution in [3.8, 4) is 17.7 Å². The third kappa shape index (κ3) is 5.88. The van der Waals surface area contributed by atoms with Gasteiger partial charge < -0.3 is 24.4 Å². The number of benzene rings is 2. The van der Waals surface area contributed by atoms with Crippen LogP contribution in [0.4, 0.5) is 33.9 Å². The van der Waals surface area contributed by atoms with E-state index in [4.69, 9.17) is 31.1 Å². The number of alkyl halides is 3. The number of ether oxygens (including phenoxy) is 3. The van der Waals surface area contributed by atoms with Crippen LogP contribution in [0.2, 0.25) is 5.02 Å². The molecule has 2 fully saturated rings. The number of carbonyl (C=O) groups excluding carboxylic acids is 1. The highest BCUT2D eigenvalue weighted by molar-refractivity contribution is 6.33. The highest BCUT2D eigenvalue weighted by atomic mass is 35.5. The number of fused-ring (bicyclic) bond motifs is 2. The van der Waals surface area contributed by atoms with Crippen molar-refractivity contribution in [1.29, 1.82) is 5.26 Å². The van der Waals surface area contributed by atoms with E-state index in [1.807, 2.05) is 6.07 Å². The van der Waals surface area contributed by atoms with Crippen molar-refractivity contribution in [2.75, 3.05) is 31.6 Å². The van der Waals surface area contributed by atoms with Crippen LogP contribution < -0.4 is 14.8 Å². The van der Waals surface area contributed by atoms with Crippen LogP contribution >= 0.6 is 11.6 Å². The summed E-state index contributed by atoms with van der Waals surface area (Å²) in [4.78, 5) is 22.0. The molecule has 208 valence electrons. The smallest absolute Gasteiger partial charge is 0.416 e. The minimum absolute atomic E-state index is 0.109. The molecule has 1 N–H and O–H groups in total. The number of carbonyl (C=O) groups is 1. The van der Waals surface area contributed by atoms with Crippen LogP contribution in [-0.2, 0) is 10.9 Å². The van der Waals surface area contributed by atoms with Crippen molar-refractivity contribution in [1.82, 2.24) is 14.9 Å². The van der Waals surface area contributed by atoms with Gasteiger partial charge in [0.1, 0.15) is 18.2 Å². The first-order chi connectivity index (χ1) is 19.1. The Bertz CT molecular complexity index is 1450. The average Bonchev–Trinajstić information content (AvgIpc) is 2.91. The van der Waals surface area contributed by atoms with Gasteiger partial charge in [-0.05, 0) is 36.4 Å². The molecule has 0 spiro atoms. The Balaban J connectivity index is 1.27. The molecule has 1 amide bonds. The minimum atomic E-state index is -4.58. The first-order valence-electron chi connectivity index (χ1n) is 12.0. The summed E-state index contributed by atoms with van der Waals surface area (Å²) in [5, 5.41) is 12.0. The fourth-order valence-corrected chi connectivity index (χ4v) is 4.84. The molecule has 9 nitrogen and oxygen atoms in total. The molecule has 3 heterocycles. The monoisotopic (exact) mass is 577 g/mol.